The fourth-order valence-corrected chi connectivity index (χ4v) is 1.30. The van der Waals surface area contributed by atoms with Gasteiger partial charge in [0.2, 0.25) is 5.91 Å². The standard InChI is InChI=1S/C9H17NO3S/c1-14-7-5-8(11)10-6-3-2-4-9(12)13/h2-7H2,1H3,(H,10,11)(H,12,13). The summed E-state index contributed by atoms with van der Waals surface area (Å²) < 4.78 is 0. The third kappa shape index (κ3) is 9.38. The third-order valence-corrected chi connectivity index (χ3v) is 2.29. The molecule has 0 heterocycles. The summed E-state index contributed by atoms with van der Waals surface area (Å²) in [5, 5.41) is 11.1. The van der Waals surface area contributed by atoms with Gasteiger partial charge < -0.3 is 10.4 Å². The Morgan fingerprint density at radius 1 is 1.29 bits per heavy atom. The number of carboxylic acids is 1. The number of rotatable bonds is 8. The van der Waals surface area contributed by atoms with Gasteiger partial charge in [0.15, 0.2) is 0 Å². The van der Waals surface area contributed by atoms with E-state index in [-0.39, 0.29) is 12.3 Å². The summed E-state index contributed by atoms with van der Waals surface area (Å²) in [4.78, 5) is 21.2. The second kappa shape index (κ2) is 8.87. The number of carbonyl (C=O) groups excluding carboxylic acids is 1. The number of unbranched alkanes of at least 4 members (excludes halogenated alkanes) is 1. The summed E-state index contributed by atoms with van der Waals surface area (Å²) in [5.74, 6) is 0.106. The van der Waals surface area contributed by atoms with E-state index in [1.165, 1.54) is 0 Å². The molecule has 0 spiro atoms. The lowest BCUT2D eigenvalue weighted by atomic mass is 10.2. The van der Waals surface area contributed by atoms with Gasteiger partial charge >= 0.3 is 5.97 Å². The van der Waals surface area contributed by atoms with E-state index in [1.807, 2.05) is 6.26 Å². The molecule has 2 N–H and O–H groups in total. The van der Waals surface area contributed by atoms with E-state index in [0.29, 0.717) is 19.4 Å². The molecule has 0 fully saturated rings. The van der Waals surface area contributed by atoms with E-state index < -0.39 is 5.97 Å². The molecule has 5 heteroatoms. The average molecular weight is 219 g/mol. The third-order valence-electron chi connectivity index (χ3n) is 1.67. The van der Waals surface area contributed by atoms with Gasteiger partial charge in [0.1, 0.15) is 0 Å². The van der Waals surface area contributed by atoms with Crippen LogP contribution < -0.4 is 5.32 Å². The van der Waals surface area contributed by atoms with E-state index >= 15 is 0 Å². The van der Waals surface area contributed by atoms with Crippen LogP contribution >= 0.6 is 11.8 Å². The van der Waals surface area contributed by atoms with Crippen LogP contribution in [0, 0.1) is 0 Å². The minimum Gasteiger partial charge on any atom is -0.481 e. The van der Waals surface area contributed by atoms with Crippen LogP contribution in [0.2, 0.25) is 0 Å². The smallest absolute Gasteiger partial charge is 0.303 e. The highest BCUT2D eigenvalue weighted by Crippen LogP contribution is 1.96. The van der Waals surface area contributed by atoms with Crippen LogP contribution in [-0.4, -0.2) is 35.5 Å². The number of thioether (sulfide) groups is 1. The van der Waals surface area contributed by atoms with Crippen molar-refractivity contribution in [1.82, 2.24) is 5.32 Å². The van der Waals surface area contributed by atoms with E-state index in [1.54, 1.807) is 11.8 Å². The Kier molecular flexibility index (Phi) is 8.42. The maximum Gasteiger partial charge on any atom is 0.303 e. The van der Waals surface area contributed by atoms with Crippen LogP contribution in [0.15, 0.2) is 0 Å². The van der Waals surface area contributed by atoms with E-state index in [9.17, 15) is 9.59 Å². The molecule has 0 radical (unpaired) electrons. The van der Waals surface area contributed by atoms with Gasteiger partial charge in [-0.1, -0.05) is 0 Å². The fourth-order valence-electron chi connectivity index (χ4n) is 0.912. The second-order valence-corrected chi connectivity index (χ2v) is 3.93. The Morgan fingerprint density at radius 3 is 2.57 bits per heavy atom. The molecule has 1 amide bonds. The maximum atomic E-state index is 11.1. The van der Waals surface area contributed by atoms with Crippen molar-refractivity contribution in [1.29, 1.82) is 0 Å². The first-order chi connectivity index (χ1) is 6.66. The van der Waals surface area contributed by atoms with E-state index in [0.717, 1.165) is 12.2 Å². The molecule has 0 aromatic rings. The van der Waals surface area contributed by atoms with Gasteiger partial charge in [0.05, 0.1) is 0 Å². The van der Waals surface area contributed by atoms with Crippen LogP contribution in [0.25, 0.3) is 0 Å². The van der Waals surface area contributed by atoms with Gasteiger partial charge in [0, 0.05) is 25.1 Å². The zero-order valence-corrected chi connectivity index (χ0v) is 9.23. The fraction of sp³-hybridized carbons (Fsp3) is 0.778. The Bertz CT molecular complexity index is 185. The molecule has 14 heavy (non-hydrogen) atoms. The molecule has 4 nitrogen and oxygen atoms in total. The van der Waals surface area contributed by atoms with Gasteiger partial charge in [-0.05, 0) is 19.1 Å². The number of carbonyl (C=O) groups is 2. The Morgan fingerprint density at radius 2 is 2.00 bits per heavy atom. The van der Waals surface area contributed by atoms with Crippen LogP contribution in [0.3, 0.4) is 0 Å². The number of hydrogen-bond donors (Lipinski definition) is 2. The number of carboxylic acid groups (broad SMARTS) is 1. The Balaban J connectivity index is 3.19. The first-order valence-corrected chi connectivity index (χ1v) is 6.03. The predicted molar refractivity (Wildman–Crippen MR) is 57.5 cm³/mol. The van der Waals surface area contributed by atoms with Gasteiger partial charge in [0.25, 0.3) is 0 Å². The first kappa shape index (κ1) is 13.3. The molecule has 0 saturated heterocycles. The number of hydrogen-bond acceptors (Lipinski definition) is 3. The summed E-state index contributed by atoms with van der Waals surface area (Å²) in [6, 6.07) is 0. The largest absolute Gasteiger partial charge is 0.481 e. The maximum absolute atomic E-state index is 11.1. The van der Waals surface area contributed by atoms with Crippen LogP contribution in [0.1, 0.15) is 25.7 Å². The van der Waals surface area contributed by atoms with Gasteiger partial charge in [-0.2, -0.15) is 11.8 Å². The van der Waals surface area contributed by atoms with E-state index in [4.69, 9.17) is 5.11 Å². The van der Waals surface area contributed by atoms with Crippen molar-refractivity contribution in [3.05, 3.63) is 0 Å². The topological polar surface area (TPSA) is 66.4 Å². The molecule has 0 bridgehead atoms. The minimum atomic E-state index is -0.779. The predicted octanol–water partition coefficient (Wildman–Crippen LogP) is 1.11. The van der Waals surface area contributed by atoms with Gasteiger partial charge in [-0.3, -0.25) is 9.59 Å². The molecule has 0 aliphatic carbocycles. The van der Waals surface area contributed by atoms with E-state index in [2.05, 4.69) is 5.32 Å². The highest BCUT2D eigenvalue weighted by Gasteiger charge is 2.00. The van der Waals surface area contributed by atoms with Crippen LogP contribution in [0.4, 0.5) is 0 Å². The lowest BCUT2D eigenvalue weighted by Gasteiger charge is -2.03. The minimum absolute atomic E-state index is 0.0506. The first-order valence-electron chi connectivity index (χ1n) is 4.64. The number of aliphatic carboxylic acids is 1. The molecule has 0 atom stereocenters. The summed E-state index contributed by atoms with van der Waals surface area (Å²) in [7, 11) is 0. The van der Waals surface area contributed by atoms with Crippen LogP contribution in [0.5, 0.6) is 0 Å². The number of amides is 1. The average Bonchev–Trinajstić information content (AvgIpc) is 2.13. The van der Waals surface area contributed by atoms with Crippen molar-refractivity contribution >= 4 is 23.6 Å². The summed E-state index contributed by atoms with van der Waals surface area (Å²) in [6.07, 6.45) is 4.04. The molecule has 0 rings (SSSR count). The Labute approximate surface area is 88.4 Å². The van der Waals surface area contributed by atoms with Crippen molar-refractivity contribution in [2.24, 2.45) is 0 Å². The van der Waals surface area contributed by atoms with Crippen LogP contribution in [-0.2, 0) is 9.59 Å². The van der Waals surface area contributed by atoms with Gasteiger partial charge in [-0.25, -0.2) is 0 Å². The summed E-state index contributed by atoms with van der Waals surface area (Å²) in [6.45, 7) is 0.584. The SMILES string of the molecule is CSCCC(=O)NCCCCC(=O)O. The zero-order chi connectivity index (χ0) is 10.8. The van der Waals surface area contributed by atoms with Crippen molar-refractivity contribution in [2.75, 3.05) is 18.6 Å². The van der Waals surface area contributed by atoms with Gasteiger partial charge in [-0.15, -0.1) is 0 Å². The highest BCUT2D eigenvalue weighted by atomic mass is 32.2. The van der Waals surface area contributed by atoms with Crippen molar-refractivity contribution in [3.63, 3.8) is 0 Å². The molecular formula is C9H17NO3S. The Hall–Kier alpha value is -0.710. The molecule has 0 aliphatic heterocycles. The number of nitrogens with one attached hydrogen (secondary N) is 1. The summed E-state index contributed by atoms with van der Waals surface area (Å²) >= 11 is 1.64. The molecule has 0 saturated carbocycles. The highest BCUT2D eigenvalue weighted by molar-refractivity contribution is 7.98. The molecule has 0 aliphatic rings. The molecule has 82 valence electrons. The molecule has 0 aromatic heterocycles. The quantitative estimate of drug-likeness (QED) is 0.600. The lowest BCUT2D eigenvalue weighted by Crippen LogP contribution is -2.24. The van der Waals surface area contributed by atoms with Crippen molar-refractivity contribution in [3.8, 4) is 0 Å². The monoisotopic (exact) mass is 219 g/mol. The van der Waals surface area contributed by atoms with Crippen molar-refractivity contribution in [2.45, 2.75) is 25.7 Å². The normalized spacial score (nSPS) is 9.79. The van der Waals surface area contributed by atoms with Crippen molar-refractivity contribution < 1.29 is 14.7 Å². The molecule has 0 aromatic carbocycles. The zero-order valence-electron chi connectivity index (χ0n) is 8.41. The lowest BCUT2D eigenvalue weighted by molar-refractivity contribution is -0.137. The molecular weight excluding hydrogens is 202 g/mol. The molecule has 0 unspecified atom stereocenters. The second-order valence-electron chi connectivity index (χ2n) is 2.94. The summed E-state index contributed by atoms with van der Waals surface area (Å²) in [5.41, 5.74) is 0.